The number of tetrazole rings is 1. The molecule has 1 amide bonds. The predicted octanol–water partition coefficient (Wildman–Crippen LogP) is 1.66. The number of aromatic nitrogens is 4. The molecule has 1 aliphatic rings. The Morgan fingerprint density at radius 1 is 1.46 bits per heavy atom. The van der Waals surface area contributed by atoms with Gasteiger partial charge in [-0.1, -0.05) is 24.9 Å². The van der Waals surface area contributed by atoms with Crippen LogP contribution in [-0.4, -0.2) is 43.9 Å². The zero-order valence-electron chi connectivity index (χ0n) is 13.4. The molecule has 7 nitrogen and oxygen atoms in total. The molecule has 3 rings (SSSR count). The zero-order valence-corrected chi connectivity index (χ0v) is 14.2. The van der Waals surface area contributed by atoms with Crippen LogP contribution in [0.4, 0.5) is 0 Å². The largest absolute Gasteiger partial charge is 0.396 e. The van der Waals surface area contributed by atoms with Crippen LogP contribution in [0.15, 0.2) is 24.3 Å². The Morgan fingerprint density at radius 3 is 2.92 bits per heavy atom. The number of amides is 1. The monoisotopic (exact) mass is 349 g/mol. The van der Waals surface area contributed by atoms with E-state index in [4.69, 9.17) is 11.6 Å². The summed E-state index contributed by atoms with van der Waals surface area (Å²) in [7, 11) is 0. The molecular formula is C16H20ClN5O2. The van der Waals surface area contributed by atoms with Crippen molar-refractivity contribution in [3.63, 3.8) is 0 Å². The van der Waals surface area contributed by atoms with Crippen molar-refractivity contribution in [1.29, 1.82) is 0 Å². The van der Waals surface area contributed by atoms with E-state index >= 15 is 0 Å². The standard InChI is InChI=1S/C16H20ClN5O2/c1-16(10-23)8-2-3-13(16)18-14(24)9-22-20-15(19-21-22)11-4-6-12(17)7-5-11/h4-7,13,23H,2-3,8-10H2,1H3,(H,18,24). The van der Waals surface area contributed by atoms with Crippen LogP contribution in [0.3, 0.4) is 0 Å². The van der Waals surface area contributed by atoms with Crippen LogP contribution < -0.4 is 5.32 Å². The van der Waals surface area contributed by atoms with Crippen molar-refractivity contribution < 1.29 is 9.90 Å². The summed E-state index contributed by atoms with van der Waals surface area (Å²) in [6.45, 7) is 2.07. The van der Waals surface area contributed by atoms with Crippen LogP contribution in [0.5, 0.6) is 0 Å². The van der Waals surface area contributed by atoms with Gasteiger partial charge in [0, 0.05) is 22.0 Å². The lowest BCUT2D eigenvalue weighted by Gasteiger charge is -2.29. The van der Waals surface area contributed by atoms with Gasteiger partial charge in [-0.25, -0.2) is 0 Å². The molecule has 0 bridgehead atoms. The van der Waals surface area contributed by atoms with Gasteiger partial charge in [-0.2, -0.15) is 4.80 Å². The Morgan fingerprint density at radius 2 is 2.21 bits per heavy atom. The maximum atomic E-state index is 12.2. The molecule has 1 fully saturated rings. The third-order valence-corrected chi connectivity index (χ3v) is 4.87. The number of nitrogens with one attached hydrogen (secondary N) is 1. The Balaban J connectivity index is 1.62. The second-order valence-corrected chi connectivity index (χ2v) is 6.91. The van der Waals surface area contributed by atoms with Gasteiger partial charge in [0.1, 0.15) is 6.54 Å². The minimum Gasteiger partial charge on any atom is -0.396 e. The molecule has 1 aromatic heterocycles. The van der Waals surface area contributed by atoms with Crippen molar-refractivity contribution >= 4 is 17.5 Å². The first-order valence-electron chi connectivity index (χ1n) is 7.94. The van der Waals surface area contributed by atoms with E-state index in [0.717, 1.165) is 24.8 Å². The Hall–Kier alpha value is -1.99. The molecule has 2 aromatic rings. The zero-order chi connectivity index (χ0) is 17.2. The van der Waals surface area contributed by atoms with Crippen molar-refractivity contribution in [2.75, 3.05) is 6.61 Å². The molecular weight excluding hydrogens is 330 g/mol. The van der Waals surface area contributed by atoms with Gasteiger partial charge < -0.3 is 10.4 Å². The molecule has 128 valence electrons. The first kappa shape index (κ1) is 16.9. The normalized spacial score (nSPS) is 23.4. The third kappa shape index (κ3) is 3.57. The molecule has 8 heteroatoms. The van der Waals surface area contributed by atoms with Gasteiger partial charge in [-0.05, 0) is 42.3 Å². The topological polar surface area (TPSA) is 92.9 Å². The van der Waals surface area contributed by atoms with E-state index in [2.05, 4.69) is 20.7 Å². The molecule has 0 spiro atoms. The number of aliphatic hydroxyl groups excluding tert-OH is 1. The average Bonchev–Trinajstić information content (AvgIpc) is 3.16. The van der Waals surface area contributed by atoms with E-state index in [1.54, 1.807) is 24.3 Å². The number of rotatable bonds is 5. The van der Waals surface area contributed by atoms with E-state index in [1.807, 2.05) is 6.92 Å². The lowest BCUT2D eigenvalue weighted by molar-refractivity contribution is -0.123. The number of halogens is 1. The summed E-state index contributed by atoms with van der Waals surface area (Å²) in [5, 5.41) is 25.3. The fourth-order valence-corrected chi connectivity index (χ4v) is 3.19. The highest BCUT2D eigenvalue weighted by atomic mass is 35.5. The second-order valence-electron chi connectivity index (χ2n) is 6.47. The molecule has 0 saturated heterocycles. The van der Waals surface area contributed by atoms with Crippen molar-refractivity contribution in [1.82, 2.24) is 25.5 Å². The van der Waals surface area contributed by atoms with Crippen LogP contribution in [-0.2, 0) is 11.3 Å². The fourth-order valence-electron chi connectivity index (χ4n) is 3.06. The van der Waals surface area contributed by atoms with Crippen LogP contribution in [0.2, 0.25) is 5.02 Å². The Kier molecular flexibility index (Phi) is 4.82. The SMILES string of the molecule is CC1(CO)CCCC1NC(=O)Cn1nnc(-c2ccc(Cl)cc2)n1. The highest BCUT2D eigenvalue weighted by Gasteiger charge is 2.39. The van der Waals surface area contributed by atoms with Crippen LogP contribution in [0, 0.1) is 5.41 Å². The molecule has 24 heavy (non-hydrogen) atoms. The molecule has 1 aromatic carbocycles. The van der Waals surface area contributed by atoms with E-state index in [9.17, 15) is 9.90 Å². The maximum Gasteiger partial charge on any atom is 0.243 e. The highest BCUT2D eigenvalue weighted by Crippen LogP contribution is 2.37. The highest BCUT2D eigenvalue weighted by molar-refractivity contribution is 6.30. The summed E-state index contributed by atoms with van der Waals surface area (Å²) in [5.41, 5.74) is 0.537. The number of hydrogen-bond acceptors (Lipinski definition) is 5. The molecule has 1 aliphatic carbocycles. The third-order valence-electron chi connectivity index (χ3n) is 4.62. The van der Waals surface area contributed by atoms with Gasteiger partial charge in [0.05, 0.1) is 6.61 Å². The lowest BCUT2D eigenvalue weighted by atomic mass is 9.86. The summed E-state index contributed by atoms with van der Waals surface area (Å²) in [5.74, 6) is 0.266. The fraction of sp³-hybridized carbons (Fsp3) is 0.500. The van der Waals surface area contributed by atoms with Crippen LogP contribution in [0.25, 0.3) is 11.4 Å². The van der Waals surface area contributed by atoms with Gasteiger partial charge in [0.2, 0.25) is 11.7 Å². The van der Waals surface area contributed by atoms with Crippen LogP contribution in [0.1, 0.15) is 26.2 Å². The predicted molar refractivity (Wildman–Crippen MR) is 89.2 cm³/mol. The Bertz CT molecular complexity index is 718. The summed E-state index contributed by atoms with van der Waals surface area (Å²) in [6.07, 6.45) is 2.80. The number of hydrogen-bond donors (Lipinski definition) is 2. The van der Waals surface area contributed by atoms with Gasteiger partial charge in [-0.15, -0.1) is 10.2 Å². The van der Waals surface area contributed by atoms with Gasteiger partial charge in [0.25, 0.3) is 0 Å². The smallest absolute Gasteiger partial charge is 0.243 e. The lowest BCUT2D eigenvalue weighted by Crippen LogP contribution is -2.46. The number of carbonyl (C=O) groups is 1. The molecule has 2 N–H and O–H groups in total. The number of carbonyl (C=O) groups excluding carboxylic acids is 1. The quantitative estimate of drug-likeness (QED) is 0.856. The van der Waals surface area contributed by atoms with E-state index < -0.39 is 0 Å². The average molecular weight is 350 g/mol. The number of nitrogens with zero attached hydrogens (tertiary/aromatic N) is 4. The molecule has 2 unspecified atom stereocenters. The van der Waals surface area contributed by atoms with E-state index in [-0.39, 0.29) is 30.5 Å². The first-order chi connectivity index (χ1) is 11.5. The molecule has 1 heterocycles. The van der Waals surface area contributed by atoms with Crippen LogP contribution >= 0.6 is 11.6 Å². The first-order valence-corrected chi connectivity index (χ1v) is 8.32. The van der Waals surface area contributed by atoms with Gasteiger partial charge in [0.15, 0.2) is 0 Å². The minimum absolute atomic E-state index is 0.00139. The number of aliphatic hydroxyl groups is 1. The molecule has 2 atom stereocenters. The summed E-state index contributed by atoms with van der Waals surface area (Å²) in [6, 6.07) is 7.08. The van der Waals surface area contributed by atoms with Crippen molar-refractivity contribution in [2.45, 2.75) is 38.8 Å². The van der Waals surface area contributed by atoms with Gasteiger partial charge in [-0.3, -0.25) is 4.79 Å². The van der Waals surface area contributed by atoms with Crippen molar-refractivity contribution in [3.05, 3.63) is 29.3 Å². The minimum atomic E-state index is -0.250. The Labute approximate surface area is 145 Å². The summed E-state index contributed by atoms with van der Waals surface area (Å²) in [4.78, 5) is 13.5. The molecule has 0 aliphatic heterocycles. The van der Waals surface area contributed by atoms with E-state index in [0.29, 0.717) is 10.8 Å². The van der Waals surface area contributed by atoms with Crippen molar-refractivity contribution in [2.24, 2.45) is 5.41 Å². The molecule has 0 radical (unpaired) electrons. The maximum absolute atomic E-state index is 12.2. The summed E-state index contributed by atoms with van der Waals surface area (Å²) >= 11 is 5.86. The van der Waals surface area contributed by atoms with Crippen molar-refractivity contribution in [3.8, 4) is 11.4 Å². The van der Waals surface area contributed by atoms with E-state index in [1.165, 1.54) is 4.80 Å². The molecule has 1 saturated carbocycles. The number of benzene rings is 1. The summed E-state index contributed by atoms with van der Waals surface area (Å²) < 4.78 is 0. The second kappa shape index (κ2) is 6.86. The van der Waals surface area contributed by atoms with Gasteiger partial charge >= 0.3 is 0 Å².